The van der Waals surface area contributed by atoms with Gasteiger partial charge in [0.15, 0.2) is 17.5 Å². The van der Waals surface area contributed by atoms with Gasteiger partial charge in [0.05, 0.1) is 20.8 Å². The molecule has 0 heterocycles. The predicted octanol–water partition coefficient (Wildman–Crippen LogP) is 1.87. The maximum Gasteiger partial charge on any atom is 0.200 e. The number of ether oxygens (including phenoxy) is 2. The summed E-state index contributed by atoms with van der Waals surface area (Å²) in [4.78, 5) is 4.58. The van der Waals surface area contributed by atoms with E-state index >= 15 is 0 Å². The summed E-state index contributed by atoms with van der Waals surface area (Å²) in [7, 11) is 3.03. The molecule has 0 amide bonds. The first kappa shape index (κ1) is 16.3. The van der Waals surface area contributed by atoms with Crippen molar-refractivity contribution in [2.45, 2.75) is 32.9 Å². The van der Waals surface area contributed by atoms with Crippen molar-refractivity contribution >= 4 is 5.96 Å². The lowest BCUT2D eigenvalue weighted by Gasteiger charge is -2.12. The number of rotatable bonds is 6. The Morgan fingerprint density at radius 2 is 1.91 bits per heavy atom. The molecule has 1 aliphatic carbocycles. The van der Waals surface area contributed by atoms with E-state index in [1.807, 2.05) is 6.92 Å². The zero-order valence-corrected chi connectivity index (χ0v) is 13.6. The minimum atomic E-state index is 0.00886. The molecule has 1 aromatic rings. The van der Waals surface area contributed by atoms with Gasteiger partial charge in [-0.3, -0.25) is 0 Å². The summed E-state index contributed by atoms with van der Waals surface area (Å²) < 4.78 is 10.3. The summed E-state index contributed by atoms with van der Waals surface area (Å²) in [6.45, 7) is 5.55. The Morgan fingerprint density at radius 3 is 2.36 bits per heavy atom. The number of hydrogen-bond acceptors (Lipinski definition) is 4. The molecule has 0 saturated heterocycles. The van der Waals surface area contributed by atoms with E-state index in [0.717, 1.165) is 18.1 Å². The Kier molecular flexibility index (Phi) is 5.35. The van der Waals surface area contributed by atoms with Gasteiger partial charge in [-0.1, -0.05) is 6.92 Å². The van der Waals surface area contributed by atoms with Crippen molar-refractivity contribution in [1.29, 1.82) is 0 Å². The first-order chi connectivity index (χ1) is 10.6. The van der Waals surface area contributed by atoms with Crippen LogP contribution >= 0.6 is 0 Å². The summed E-state index contributed by atoms with van der Waals surface area (Å²) in [6.07, 6.45) is 1.19. The highest BCUT2D eigenvalue weighted by Crippen LogP contribution is 2.37. The second kappa shape index (κ2) is 7.24. The van der Waals surface area contributed by atoms with E-state index < -0.39 is 0 Å². The van der Waals surface area contributed by atoms with Gasteiger partial charge in [-0.15, -0.1) is 0 Å². The molecule has 3 N–H and O–H groups in total. The summed E-state index contributed by atoms with van der Waals surface area (Å²) in [5, 5.41) is 16.6. The topological polar surface area (TPSA) is 75.1 Å². The molecule has 2 atom stereocenters. The van der Waals surface area contributed by atoms with Crippen LogP contribution in [0.4, 0.5) is 0 Å². The maximum atomic E-state index is 9.92. The van der Waals surface area contributed by atoms with Crippen molar-refractivity contribution in [2.24, 2.45) is 10.9 Å². The highest BCUT2D eigenvalue weighted by Gasteiger charge is 2.33. The van der Waals surface area contributed by atoms with E-state index in [9.17, 15) is 5.11 Å². The molecule has 0 aromatic heterocycles. The lowest BCUT2D eigenvalue weighted by molar-refractivity contribution is 0.339. The van der Waals surface area contributed by atoms with Crippen LogP contribution in [0.5, 0.6) is 17.2 Å². The number of phenolic OH excluding ortho intramolecular Hbond substituents is 1. The van der Waals surface area contributed by atoms with Gasteiger partial charge < -0.3 is 25.2 Å². The van der Waals surface area contributed by atoms with Crippen molar-refractivity contribution in [3.05, 3.63) is 17.7 Å². The maximum absolute atomic E-state index is 9.92. The molecule has 0 spiro atoms. The predicted molar refractivity (Wildman–Crippen MR) is 86.7 cm³/mol. The first-order valence-corrected chi connectivity index (χ1v) is 7.57. The molecule has 0 bridgehead atoms. The molecule has 22 heavy (non-hydrogen) atoms. The number of methoxy groups -OCH3 is 2. The zero-order valence-electron chi connectivity index (χ0n) is 13.6. The number of aliphatic imine (C=N–C) groups is 1. The van der Waals surface area contributed by atoms with E-state index in [1.54, 1.807) is 12.1 Å². The molecule has 0 aliphatic heterocycles. The van der Waals surface area contributed by atoms with Crippen LogP contribution < -0.4 is 20.1 Å². The van der Waals surface area contributed by atoms with Crippen LogP contribution in [0.1, 0.15) is 25.8 Å². The number of phenols is 1. The fourth-order valence-electron chi connectivity index (χ4n) is 2.23. The van der Waals surface area contributed by atoms with Gasteiger partial charge in [-0.2, -0.15) is 0 Å². The molecule has 2 rings (SSSR count). The summed E-state index contributed by atoms with van der Waals surface area (Å²) in [6, 6.07) is 4.05. The van der Waals surface area contributed by atoms with E-state index in [2.05, 4.69) is 22.5 Å². The van der Waals surface area contributed by atoms with Gasteiger partial charge in [0.25, 0.3) is 0 Å². The van der Waals surface area contributed by atoms with Crippen molar-refractivity contribution in [3.63, 3.8) is 0 Å². The molecule has 1 saturated carbocycles. The smallest absolute Gasteiger partial charge is 0.200 e. The second-order valence-electron chi connectivity index (χ2n) is 5.51. The average Bonchev–Trinajstić information content (AvgIpc) is 3.21. The third-order valence-electron chi connectivity index (χ3n) is 3.74. The SMILES string of the molecule is CCNC(=NCc1cc(OC)c(O)c(OC)c1)NC1CC1C. The van der Waals surface area contributed by atoms with Gasteiger partial charge >= 0.3 is 0 Å². The normalized spacial score (nSPS) is 20.5. The van der Waals surface area contributed by atoms with Crippen LogP contribution in [-0.4, -0.2) is 37.9 Å². The van der Waals surface area contributed by atoms with E-state index in [0.29, 0.717) is 30.0 Å². The second-order valence-corrected chi connectivity index (χ2v) is 5.51. The third kappa shape index (κ3) is 3.96. The van der Waals surface area contributed by atoms with Crippen LogP contribution in [0, 0.1) is 5.92 Å². The third-order valence-corrected chi connectivity index (χ3v) is 3.74. The molecule has 122 valence electrons. The Labute approximate surface area is 131 Å². The highest BCUT2D eigenvalue weighted by atomic mass is 16.5. The molecular formula is C16H25N3O3. The highest BCUT2D eigenvalue weighted by molar-refractivity contribution is 5.80. The van der Waals surface area contributed by atoms with Gasteiger partial charge in [0, 0.05) is 12.6 Å². The Morgan fingerprint density at radius 1 is 1.32 bits per heavy atom. The fourth-order valence-corrected chi connectivity index (χ4v) is 2.23. The standard InChI is InChI=1S/C16H25N3O3/c1-5-17-16(19-12-6-10(12)2)18-9-11-7-13(21-3)15(20)14(8-11)22-4/h7-8,10,12,20H,5-6,9H2,1-4H3,(H2,17,18,19). The zero-order chi connectivity index (χ0) is 16.1. The monoisotopic (exact) mass is 307 g/mol. The minimum Gasteiger partial charge on any atom is -0.502 e. The van der Waals surface area contributed by atoms with Gasteiger partial charge in [-0.25, -0.2) is 4.99 Å². The number of nitrogens with one attached hydrogen (secondary N) is 2. The fraction of sp³-hybridized carbons (Fsp3) is 0.562. The van der Waals surface area contributed by atoms with Crippen LogP contribution in [0.2, 0.25) is 0 Å². The van der Waals surface area contributed by atoms with Crippen molar-refractivity contribution in [3.8, 4) is 17.2 Å². The van der Waals surface area contributed by atoms with E-state index in [4.69, 9.17) is 9.47 Å². The number of nitrogens with zero attached hydrogens (tertiary/aromatic N) is 1. The van der Waals surface area contributed by atoms with Crippen LogP contribution in [0.15, 0.2) is 17.1 Å². The van der Waals surface area contributed by atoms with Crippen molar-refractivity contribution < 1.29 is 14.6 Å². The molecule has 1 aromatic carbocycles. The van der Waals surface area contributed by atoms with E-state index in [1.165, 1.54) is 20.6 Å². The van der Waals surface area contributed by atoms with E-state index in [-0.39, 0.29) is 5.75 Å². The average molecular weight is 307 g/mol. The quantitative estimate of drug-likeness (QED) is 0.552. The summed E-state index contributed by atoms with van der Waals surface area (Å²) in [5.41, 5.74) is 0.910. The Balaban J connectivity index is 2.11. The van der Waals surface area contributed by atoms with Crippen molar-refractivity contribution in [1.82, 2.24) is 10.6 Å². The molecule has 6 nitrogen and oxygen atoms in total. The largest absolute Gasteiger partial charge is 0.502 e. The first-order valence-electron chi connectivity index (χ1n) is 7.57. The molecule has 2 unspecified atom stereocenters. The number of benzene rings is 1. The summed E-state index contributed by atoms with van der Waals surface area (Å²) in [5.74, 6) is 2.30. The van der Waals surface area contributed by atoms with Gasteiger partial charge in [-0.05, 0) is 37.0 Å². The molecule has 0 radical (unpaired) electrons. The summed E-state index contributed by atoms with van der Waals surface area (Å²) >= 11 is 0. The Bertz CT molecular complexity index is 520. The number of guanidine groups is 1. The molecule has 6 heteroatoms. The van der Waals surface area contributed by atoms with Crippen molar-refractivity contribution in [2.75, 3.05) is 20.8 Å². The number of aromatic hydroxyl groups is 1. The number of hydrogen-bond donors (Lipinski definition) is 3. The lowest BCUT2D eigenvalue weighted by atomic mass is 10.2. The molecule has 1 fully saturated rings. The van der Waals surface area contributed by atoms with Gasteiger partial charge in [0.1, 0.15) is 0 Å². The molecule has 1 aliphatic rings. The molecular weight excluding hydrogens is 282 g/mol. The minimum absolute atomic E-state index is 0.00886. The van der Waals surface area contributed by atoms with Crippen LogP contribution in [0.25, 0.3) is 0 Å². The lowest BCUT2D eigenvalue weighted by Crippen LogP contribution is -2.39. The Hall–Kier alpha value is -2.11. The van der Waals surface area contributed by atoms with Crippen LogP contribution in [-0.2, 0) is 6.54 Å². The van der Waals surface area contributed by atoms with Crippen LogP contribution in [0.3, 0.4) is 0 Å². The van der Waals surface area contributed by atoms with Gasteiger partial charge in [0.2, 0.25) is 5.75 Å².